The van der Waals surface area contributed by atoms with E-state index in [9.17, 15) is 13.2 Å². The van der Waals surface area contributed by atoms with E-state index in [1.165, 1.54) is 11.3 Å². The SMILES string of the molecule is CC(C)(C)c1csc(CNC(=O)CS(=O)(=O)C2CCCC2)n1. The molecular formula is C15H24N2O3S2. The smallest absolute Gasteiger partial charge is 0.235 e. The highest BCUT2D eigenvalue weighted by atomic mass is 32.2. The molecular weight excluding hydrogens is 320 g/mol. The normalized spacial score (nSPS) is 16.9. The van der Waals surface area contributed by atoms with Gasteiger partial charge >= 0.3 is 0 Å². The second kappa shape index (κ2) is 6.66. The summed E-state index contributed by atoms with van der Waals surface area (Å²) in [5.41, 5.74) is 0.963. The molecule has 0 aromatic carbocycles. The lowest BCUT2D eigenvalue weighted by atomic mass is 9.93. The van der Waals surface area contributed by atoms with Crippen molar-refractivity contribution in [3.63, 3.8) is 0 Å². The van der Waals surface area contributed by atoms with Crippen molar-refractivity contribution in [3.8, 4) is 0 Å². The number of rotatable bonds is 5. The van der Waals surface area contributed by atoms with Crippen molar-refractivity contribution in [2.24, 2.45) is 0 Å². The van der Waals surface area contributed by atoms with Gasteiger partial charge in [0.1, 0.15) is 10.8 Å². The number of thiazole rings is 1. The molecule has 1 heterocycles. The van der Waals surface area contributed by atoms with E-state index >= 15 is 0 Å². The van der Waals surface area contributed by atoms with Crippen molar-refractivity contribution >= 4 is 27.1 Å². The molecule has 0 atom stereocenters. The molecule has 0 spiro atoms. The van der Waals surface area contributed by atoms with Crippen molar-refractivity contribution in [3.05, 3.63) is 16.1 Å². The molecule has 0 saturated heterocycles. The van der Waals surface area contributed by atoms with Crippen LogP contribution in [-0.2, 0) is 26.6 Å². The molecule has 1 aromatic rings. The lowest BCUT2D eigenvalue weighted by Crippen LogP contribution is -2.33. The van der Waals surface area contributed by atoms with Crippen LogP contribution in [-0.4, -0.2) is 30.3 Å². The van der Waals surface area contributed by atoms with Crippen molar-refractivity contribution in [2.45, 2.75) is 63.7 Å². The minimum absolute atomic E-state index is 0.0232. The predicted octanol–water partition coefficient (Wildman–Crippen LogP) is 2.41. The van der Waals surface area contributed by atoms with E-state index in [1.54, 1.807) is 0 Å². The van der Waals surface area contributed by atoms with Crippen LogP contribution in [0.25, 0.3) is 0 Å². The van der Waals surface area contributed by atoms with Gasteiger partial charge in [-0.1, -0.05) is 33.6 Å². The summed E-state index contributed by atoms with van der Waals surface area (Å²) >= 11 is 1.49. The van der Waals surface area contributed by atoms with E-state index in [4.69, 9.17) is 0 Å². The summed E-state index contributed by atoms with van der Waals surface area (Å²) in [6, 6.07) is 0. The number of nitrogens with one attached hydrogen (secondary N) is 1. The van der Waals surface area contributed by atoms with Crippen molar-refractivity contribution < 1.29 is 13.2 Å². The predicted molar refractivity (Wildman–Crippen MR) is 88.7 cm³/mol. The van der Waals surface area contributed by atoms with Gasteiger partial charge in [-0.15, -0.1) is 11.3 Å². The Morgan fingerprint density at radius 1 is 1.36 bits per heavy atom. The van der Waals surface area contributed by atoms with Crippen LogP contribution in [0, 0.1) is 0 Å². The first kappa shape index (κ1) is 17.4. The lowest BCUT2D eigenvalue weighted by Gasteiger charge is -2.14. The van der Waals surface area contributed by atoms with Crippen molar-refractivity contribution in [1.29, 1.82) is 0 Å². The Morgan fingerprint density at radius 2 is 2.00 bits per heavy atom. The molecule has 1 aromatic heterocycles. The van der Waals surface area contributed by atoms with Gasteiger partial charge in [-0.2, -0.15) is 0 Å². The Balaban J connectivity index is 1.86. The third-order valence-corrected chi connectivity index (χ3v) is 6.90. The van der Waals surface area contributed by atoms with Gasteiger partial charge in [0.15, 0.2) is 9.84 Å². The lowest BCUT2D eigenvalue weighted by molar-refractivity contribution is -0.118. The highest BCUT2D eigenvalue weighted by Gasteiger charge is 2.30. The standard InChI is InChI=1S/C15H24N2O3S2/c1-15(2,3)12-9-21-14(17-12)8-16-13(18)10-22(19,20)11-6-4-5-7-11/h9,11H,4-8,10H2,1-3H3,(H,16,18). The molecule has 22 heavy (non-hydrogen) atoms. The third-order valence-electron chi connectivity index (χ3n) is 3.90. The Hall–Kier alpha value is -0.950. The van der Waals surface area contributed by atoms with Crippen LogP contribution in [0.15, 0.2) is 5.38 Å². The van der Waals surface area contributed by atoms with Gasteiger partial charge in [0.05, 0.1) is 17.5 Å². The van der Waals surface area contributed by atoms with Crippen LogP contribution in [0.5, 0.6) is 0 Å². The molecule has 1 N–H and O–H groups in total. The summed E-state index contributed by atoms with van der Waals surface area (Å²) in [6.45, 7) is 6.54. The molecule has 1 amide bonds. The molecule has 2 rings (SSSR count). The Morgan fingerprint density at radius 3 is 2.55 bits per heavy atom. The van der Waals surface area contributed by atoms with Gasteiger partial charge in [0.2, 0.25) is 5.91 Å². The van der Waals surface area contributed by atoms with Crippen LogP contribution < -0.4 is 5.32 Å². The highest BCUT2D eigenvalue weighted by Crippen LogP contribution is 2.25. The zero-order valence-electron chi connectivity index (χ0n) is 13.4. The number of nitrogens with zero attached hydrogens (tertiary/aromatic N) is 1. The number of sulfone groups is 1. The molecule has 7 heteroatoms. The number of carbonyl (C=O) groups is 1. The first-order chi connectivity index (χ1) is 10.2. The zero-order valence-corrected chi connectivity index (χ0v) is 15.0. The molecule has 1 aliphatic rings. The second-order valence-corrected chi connectivity index (χ2v) is 10.1. The number of hydrogen-bond donors (Lipinski definition) is 1. The fourth-order valence-electron chi connectivity index (χ4n) is 2.51. The minimum Gasteiger partial charge on any atom is -0.349 e. The summed E-state index contributed by atoms with van der Waals surface area (Å²) in [5, 5.41) is 5.13. The zero-order chi connectivity index (χ0) is 16.4. The monoisotopic (exact) mass is 344 g/mol. The van der Waals surface area contributed by atoms with Crippen LogP contribution in [0.2, 0.25) is 0 Å². The van der Waals surface area contributed by atoms with E-state index in [0.717, 1.165) is 23.5 Å². The third kappa shape index (κ3) is 4.52. The van der Waals surface area contributed by atoms with Gasteiger partial charge in [-0.3, -0.25) is 4.79 Å². The molecule has 1 saturated carbocycles. The number of amides is 1. The molecule has 0 unspecified atom stereocenters. The topological polar surface area (TPSA) is 76.1 Å². The van der Waals surface area contributed by atoms with E-state index in [2.05, 4.69) is 31.1 Å². The quantitative estimate of drug-likeness (QED) is 0.890. The van der Waals surface area contributed by atoms with Gasteiger partial charge < -0.3 is 5.32 Å². The van der Waals surface area contributed by atoms with Gasteiger partial charge in [-0.05, 0) is 12.8 Å². The molecule has 124 valence electrons. The molecule has 0 radical (unpaired) electrons. The largest absolute Gasteiger partial charge is 0.349 e. The molecule has 1 fully saturated rings. The van der Waals surface area contributed by atoms with Gasteiger partial charge in [-0.25, -0.2) is 13.4 Å². The first-order valence-corrected chi connectivity index (χ1v) is 10.2. The minimum atomic E-state index is -3.31. The van der Waals surface area contributed by atoms with Crippen LogP contribution in [0.3, 0.4) is 0 Å². The van der Waals surface area contributed by atoms with Crippen molar-refractivity contribution in [2.75, 3.05) is 5.75 Å². The summed E-state index contributed by atoms with van der Waals surface area (Å²) in [7, 11) is -3.31. The Labute approximate surface area is 136 Å². The maximum Gasteiger partial charge on any atom is 0.235 e. The van der Waals surface area contributed by atoms with E-state index < -0.39 is 21.5 Å². The summed E-state index contributed by atoms with van der Waals surface area (Å²) < 4.78 is 24.2. The van der Waals surface area contributed by atoms with Crippen molar-refractivity contribution in [1.82, 2.24) is 10.3 Å². The average molecular weight is 345 g/mol. The van der Waals surface area contributed by atoms with Gasteiger partial charge in [0, 0.05) is 10.8 Å². The fourth-order valence-corrected chi connectivity index (χ4v) is 5.23. The molecule has 5 nitrogen and oxygen atoms in total. The van der Waals surface area contributed by atoms with Crippen LogP contribution >= 0.6 is 11.3 Å². The van der Waals surface area contributed by atoms with Crippen LogP contribution in [0.4, 0.5) is 0 Å². The average Bonchev–Trinajstić information content (AvgIpc) is 3.07. The molecule has 0 aliphatic heterocycles. The maximum atomic E-state index is 12.1. The Bertz CT molecular complexity index is 623. The van der Waals surface area contributed by atoms with E-state index in [-0.39, 0.29) is 10.7 Å². The maximum absolute atomic E-state index is 12.1. The summed E-state index contributed by atoms with van der Waals surface area (Å²) in [4.78, 5) is 16.4. The van der Waals surface area contributed by atoms with E-state index in [0.29, 0.717) is 19.4 Å². The highest BCUT2D eigenvalue weighted by molar-refractivity contribution is 7.92. The second-order valence-electron chi connectivity index (χ2n) is 6.87. The van der Waals surface area contributed by atoms with Crippen LogP contribution in [0.1, 0.15) is 57.2 Å². The Kier molecular flexibility index (Phi) is 5.27. The fraction of sp³-hybridized carbons (Fsp3) is 0.733. The molecule has 0 bridgehead atoms. The van der Waals surface area contributed by atoms with Gasteiger partial charge in [0.25, 0.3) is 0 Å². The molecule has 1 aliphatic carbocycles. The summed E-state index contributed by atoms with van der Waals surface area (Å²) in [5.74, 6) is -0.839. The van der Waals surface area contributed by atoms with E-state index in [1.807, 2.05) is 5.38 Å². The number of aromatic nitrogens is 1. The first-order valence-electron chi connectivity index (χ1n) is 7.61. The number of hydrogen-bond acceptors (Lipinski definition) is 5. The summed E-state index contributed by atoms with van der Waals surface area (Å²) in [6.07, 6.45) is 3.27. The number of carbonyl (C=O) groups excluding carboxylic acids is 1.